The second-order valence-corrected chi connectivity index (χ2v) is 7.50. The summed E-state index contributed by atoms with van der Waals surface area (Å²) in [5, 5.41) is 37.3. The van der Waals surface area contributed by atoms with Crippen LogP contribution in [0.5, 0.6) is 11.5 Å². The maximum absolute atomic E-state index is 10.0. The molecule has 0 saturated heterocycles. The summed E-state index contributed by atoms with van der Waals surface area (Å²) in [4.78, 5) is 28.1. The number of aromatic hydroxyl groups is 2. The van der Waals surface area contributed by atoms with Gasteiger partial charge in [-0.2, -0.15) is 0 Å². The summed E-state index contributed by atoms with van der Waals surface area (Å²) in [7, 11) is 0. The Labute approximate surface area is 234 Å². The first-order chi connectivity index (χ1) is 17.0. The number of rotatable bonds is 2. The number of allylic oxidation sites excluding steroid dienone is 4. The third-order valence-corrected chi connectivity index (χ3v) is 4.05. The van der Waals surface area contributed by atoms with Crippen molar-refractivity contribution in [2.75, 3.05) is 0 Å². The van der Waals surface area contributed by atoms with Gasteiger partial charge in [-0.1, -0.05) is 36.4 Å². The number of aliphatic hydroxyl groups is 2. The van der Waals surface area contributed by atoms with E-state index in [2.05, 4.69) is 9.97 Å². The largest absolute Gasteiger partial charge is 0.512 e. The summed E-state index contributed by atoms with van der Waals surface area (Å²) in [6, 6.07) is 18.3. The number of phenolic OH excluding ortho intramolecular Hbond substituents is 2. The van der Waals surface area contributed by atoms with Crippen molar-refractivity contribution in [2.45, 2.75) is 27.7 Å². The van der Waals surface area contributed by atoms with Gasteiger partial charge in [0.15, 0.2) is 11.6 Å². The number of aliphatic hydroxyl groups excluding tert-OH is 2. The maximum atomic E-state index is 10.0. The monoisotopic (exact) mass is 580 g/mol. The number of pyridine rings is 2. The van der Waals surface area contributed by atoms with Crippen LogP contribution < -0.4 is 0 Å². The van der Waals surface area contributed by atoms with Gasteiger partial charge in [-0.15, -0.1) is 0 Å². The Morgan fingerprint density at radius 1 is 0.622 bits per heavy atom. The molecule has 37 heavy (non-hydrogen) atoms. The van der Waals surface area contributed by atoms with Crippen molar-refractivity contribution in [1.82, 2.24) is 9.97 Å². The number of carbonyl (C=O) groups is 2. The third kappa shape index (κ3) is 13.7. The molecule has 9 heteroatoms. The van der Waals surface area contributed by atoms with Crippen molar-refractivity contribution in [3.63, 3.8) is 0 Å². The van der Waals surface area contributed by atoms with E-state index in [0.717, 1.165) is 10.8 Å². The van der Waals surface area contributed by atoms with Crippen LogP contribution in [0.4, 0.5) is 0 Å². The van der Waals surface area contributed by atoms with Crippen LogP contribution in [-0.2, 0) is 35.8 Å². The fourth-order valence-electron chi connectivity index (χ4n) is 2.76. The smallest absolute Gasteiger partial charge is 0.155 e. The first-order valence-electron chi connectivity index (χ1n) is 10.8. The van der Waals surface area contributed by atoms with Gasteiger partial charge in [0.05, 0.1) is 11.5 Å². The Morgan fingerprint density at radius 3 is 1.19 bits per heavy atom. The first kappa shape index (κ1) is 33.2. The molecule has 0 radical (unpaired) electrons. The van der Waals surface area contributed by atoms with Crippen LogP contribution in [0.25, 0.3) is 21.8 Å². The number of benzene rings is 2. The average Bonchev–Trinajstić information content (AvgIpc) is 2.79. The molecule has 0 unspecified atom stereocenters. The van der Waals surface area contributed by atoms with Crippen molar-refractivity contribution >= 4 is 33.4 Å². The van der Waals surface area contributed by atoms with Gasteiger partial charge < -0.3 is 20.4 Å². The number of para-hydroxylation sites is 2. The fourth-order valence-corrected chi connectivity index (χ4v) is 2.76. The van der Waals surface area contributed by atoms with Gasteiger partial charge in [0, 0.05) is 61.5 Å². The molecule has 8 nitrogen and oxygen atoms in total. The zero-order valence-corrected chi connectivity index (χ0v) is 23.5. The van der Waals surface area contributed by atoms with Crippen molar-refractivity contribution in [3.8, 4) is 11.5 Å². The van der Waals surface area contributed by atoms with Gasteiger partial charge in [-0.25, -0.2) is 0 Å². The molecular formula is C28H30N2O6Zr. The minimum absolute atomic E-state index is 0. The number of ketones is 2. The summed E-state index contributed by atoms with van der Waals surface area (Å²) >= 11 is 0. The molecule has 192 valence electrons. The summed E-state index contributed by atoms with van der Waals surface area (Å²) in [6.07, 6.45) is 5.67. The number of phenols is 2. The van der Waals surface area contributed by atoms with E-state index in [1.54, 1.807) is 36.7 Å². The van der Waals surface area contributed by atoms with Crippen LogP contribution >= 0.6 is 0 Å². The molecule has 0 atom stereocenters. The van der Waals surface area contributed by atoms with Crippen LogP contribution in [0, 0.1) is 0 Å². The van der Waals surface area contributed by atoms with E-state index in [1.807, 2.05) is 36.4 Å². The van der Waals surface area contributed by atoms with Crippen LogP contribution in [-0.4, -0.2) is 42.0 Å². The molecule has 0 aliphatic heterocycles. The number of hydrogen-bond acceptors (Lipinski definition) is 8. The minimum Gasteiger partial charge on any atom is -0.512 e. The van der Waals surface area contributed by atoms with E-state index in [9.17, 15) is 19.8 Å². The predicted octanol–water partition coefficient (Wildman–Crippen LogP) is 5.95. The molecule has 0 fully saturated rings. The number of nitrogens with zero attached hydrogens (tertiary/aromatic N) is 2. The predicted molar refractivity (Wildman–Crippen MR) is 141 cm³/mol. The molecule has 2 heterocycles. The zero-order chi connectivity index (χ0) is 27.1. The molecule has 0 aliphatic rings. The van der Waals surface area contributed by atoms with Crippen LogP contribution in [0.1, 0.15) is 27.7 Å². The fraction of sp³-hybridized carbons (Fsp3) is 0.143. The van der Waals surface area contributed by atoms with E-state index in [-0.39, 0.29) is 60.8 Å². The first-order valence-corrected chi connectivity index (χ1v) is 10.8. The average molecular weight is 582 g/mol. The van der Waals surface area contributed by atoms with Crippen LogP contribution in [0.15, 0.2) is 96.7 Å². The quantitative estimate of drug-likeness (QED) is 0.168. The number of carbonyl (C=O) groups excluding carboxylic acids is 2. The third-order valence-electron chi connectivity index (χ3n) is 4.05. The van der Waals surface area contributed by atoms with Gasteiger partial charge in [0.2, 0.25) is 0 Å². The second-order valence-electron chi connectivity index (χ2n) is 7.50. The molecular weight excluding hydrogens is 552 g/mol. The molecule has 0 saturated carbocycles. The van der Waals surface area contributed by atoms with Crippen molar-refractivity contribution in [2.24, 2.45) is 0 Å². The zero-order valence-electron chi connectivity index (χ0n) is 21.1. The Kier molecular flexibility index (Phi) is 15.7. The summed E-state index contributed by atoms with van der Waals surface area (Å²) < 4.78 is 0. The SMILES string of the molecule is CC(=O)/C=C(/C)O.CC(=O)/C=C(/C)O.Oc1cccc2cccnc12.Oc1cccc2cccnc12.[Zr]. The Morgan fingerprint density at radius 2 is 0.946 bits per heavy atom. The molecule has 0 aliphatic carbocycles. The molecule has 4 aromatic rings. The van der Waals surface area contributed by atoms with Gasteiger partial charge in [-0.3, -0.25) is 19.6 Å². The number of fused-ring (bicyclic) bond motifs is 2. The topological polar surface area (TPSA) is 141 Å². The van der Waals surface area contributed by atoms with Gasteiger partial charge in [-0.05, 0) is 52.0 Å². The van der Waals surface area contributed by atoms with E-state index in [0.29, 0.717) is 11.0 Å². The summed E-state index contributed by atoms with van der Waals surface area (Å²) in [5.41, 5.74) is 1.32. The van der Waals surface area contributed by atoms with Crippen molar-refractivity contribution in [3.05, 3.63) is 96.7 Å². The van der Waals surface area contributed by atoms with Crippen molar-refractivity contribution in [1.29, 1.82) is 0 Å². The number of hydrogen-bond donors (Lipinski definition) is 4. The Balaban J connectivity index is 0.000000476. The minimum atomic E-state index is -0.125. The molecule has 4 N–H and O–H groups in total. The van der Waals surface area contributed by atoms with Gasteiger partial charge in [0.25, 0.3) is 0 Å². The Hall–Kier alpha value is -3.84. The van der Waals surface area contributed by atoms with E-state index in [4.69, 9.17) is 10.2 Å². The maximum Gasteiger partial charge on any atom is 0.155 e. The summed E-state index contributed by atoms with van der Waals surface area (Å²) in [6.45, 7) is 5.70. The normalized spacial score (nSPS) is 10.4. The molecule has 0 amide bonds. The molecule has 2 aromatic heterocycles. The second kappa shape index (κ2) is 17.6. The number of aromatic nitrogens is 2. The van der Waals surface area contributed by atoms with E-state index >= 15 is 0 Å². The summed E-state index contributed by atoms with van der Waals surface area (Å²) in [5.74, 6) is 0.353. The molecule has 0 bridgehead atoms. The van der Waals surface area contributed by atoms with Gasteiger partial charge >= 0.3 is 0 Å². The van der Waals surface area contributed by atoms with E-state index < -0.39 is 0 Å². The van der Waals surface area contributed by atoms with E-state index in [1.165, 1.54) is 39.8 Å². The molecule has 2 aromatic carbocycles. The Bertz CT molecular complexity index is 1250. The standard InChI is InChI=1S/2C9H7NO.2C5H8O2.Zr/c2*11-8-5-1-3-7-4-2-6-10-9(7)8;2*1-4(6)3-5(2)7;/h2*1-6,11H;2*3,6H,1-2H3;/b;;2*4-3-;. The van der Waals surface area contributed by atoms with Crippen LogP contribution in [0.3, 0.4) is 0 Å². The van der Waals surface area contributed by atoms with Gasteiger partial charge in [0.1, 0.15) is 22.5 Å². The van der Waals surface area contributed by atoms with Crippen molar-refractivity contribution < 1.29 is 56.2 Å². The molecule has 0 spiro atoms. The van der Waals surface area contributed by atoms with Crippen LogP contribution in [0.2, 0.25) is 0 Å². The molecule has 4 rings (SSSR count).